The third kappa shape index (κ3) is 11.0. The minimum Gasteiger partial charge on any atom is -0.459 e. The van der Waals surface area contributed by atoms with E-state index in [1.807, 2.05) is 65.8 Å². The second-order valence-electron chi connectivity index (χ2n) is 18.1. The Bertz CT molecular complexity index is 1730. The number of carbonyl (C=O) groups is 1. The van der Waals surface area contributed by atoms with Crippen molar-refractivity contribution in [3.8, 4) is 17.2 Å². The van der Waals surface area contributed by atoms with E-state index in [1.165, 1.54) is 0 Å². The van der Waals surface area contributed by atoms with E-state index in [4.69, 9.17) is 28.9 Å². The molecule has 1 amide bonds. The van der Waals surface area contributed by atoms with E-state index in [9.17, 15) is 15.0 Å². The third-order valence-electron chi connectivity index (χ3n) is 11.1. The van der Waals surface area contributed by atoms with Crippen molar-refractivity contribution >= 4 is 23.6 Å². The number of aliphatic hydroxyl groups excluding tert-OH is 2. The van der Waals surface area contributed by atoms with E-state index >= 15 is 0 Å². The van der Waals surface area contributed by atoms with Gasteiger partial charge in [0.1, 0.15) is 28.9 Å². The average molecular weight is 821 g/mol. The molecule has 0 bridgehead atoms. The van der Waals surface area contributed by atoms with Gasteiger partial charge in [-0.05, 0) is 124 Å². The Balaban J connectivity index is 1.78. The standard InChI is InChI=1S/C47H68N2O8S/c1-10-24-49(44(52)53-31-45(3,4)5)41-30-39(48-57-46(6,7)8)37-28-32(16-12-14-25-50)36(17-13-15-26-51)42-38-29-34(55-33-18-21-35(58-9)22-19-33)20-23-40(38)56-47(41,43(37)42)54-27-11-2/h11,18-23,28-29,32,36,41-43,50-51H,2,10,12-17,24-27,30-31H2,1,3-9H3. The molecule has 6 unspecified atom stereocenters. The number of oxime groups is 1. The van der Waals surface area contributed by atoms with E-state index in [0.29, 0.717) is 43.7 Å². The normalized spacial score (nSPS) is 24.6. The summed E-state index contributed by atoms with van der Waals surface area (Å²) in [4.78, 5) is 23.6. The molecule has 3 aliphatic rings. The fourth-order valence-corrected chi connectivity index (χ4v) is 9.07. The van der Waals surface area contributed by atoms with E-state index < -0.39 is 29.4 Å². The Hall–Kier alpha value is -3.51. The van der Waals surface area contributed by atoms with Gasteiger partial charge in [-0.3, -0.25) is 4.90 Å². The van der Waals surface area contributed by atoms with Gasteiger partial charge in [0.15, 0.2) is 0 Å². The van der Waals surface area contributed by atoms with E-state index in [0.717, 1.165) is 53.2 Å². The topological polar surface area (TPSA) is 119 Å². The summed E-state index contributed by atoms with van der Waals surface area (Å²) in [7, 11) is 0. The molecule has 0 saturated heterocycles. The first-order valence-corrected chi connectivity index (χ1v) is 22.4. The first-order valence-electron chi connectivity index (χ1n) is 21.2. The minimum atomic E-state index is -1.35. The highest BCUT2D eigenvalue weighted by Gasteiger charge is 2.65. The van der Waals surface area contributed by atoms with Gasteiger partial charge in [-0.15, -0.1) is 18.3 Å². The van der Waals surface area contributed by atoms with E-state index in [2.05, 4.69) is 44.0 Å². The van der Waals surface area contributed by atoms with Crippen LogP contribution < -0.4 is 9.47 Å². The monoisotopic (exact) mass is 820 g/mol. The van der Waals surface area contributed by atoms with Crippen LogP contribution in [0.25, 0.3) is 0 Å². The highest BCUT2D eigenvalue weighted by atomic mass is 32.2. The first-order chi connectivity index (χ1) is 27.7. The predicted molar refractivity (Wildman–Crippen MR) is 232 cm³/mol. The van der Waals surface area contributed by atoms with Crippen molar-refractivity contribution in [2.45, 2.75) is 128 Å². The Morgan fingerprint density at radius 3 is 2.33 bits per heavy atom. The molecule has 2 N–H and O–H groups in total. The molecule has 0 aromatic heterocycles. The number of rotatable bonds is 19. The first kappa shape index (κ1) is 45.6. The summed E-state index contributed by atoms with van der Waals surface area (Å²) in [6.45, 7) is 19.3. The van der Waals surface area contributed by atoms with Crippen LogP contribution in [0.15, 0.2) is 76.8 Å². The molecule has 6 atom stereocenters. The predicted octanol–water partition coefficient (Wildman–Crippen LogP) is 10.5. The number of allylic oxidation sites excluding steroid dienone is 1. The highest BCUT2D eigenvalue weighted by Crippen LogP contribution is 2.62. The van der Waals surface area contributed by atoms with Gasteiger partial charge < -0.3 is 34.0 Å². The molecule has 11 heteroatoms. The molecular formula is C47H68N2O8S. The van der Waals surface area contributed by atoms with Crippen LogP contribution >= 0.6 is 11.8 Å². The zero-order valence-corrected chi connectivity index (χ0v) is 36.9. The Morgan fingerprint density at radius 2 is 1.71 bits per heavy atom. The highest BCUT2D eigenvalue weighted by molar-refractivity contribution is 7.98. The molecule has 320 valence electrons. The number of ether oxygens (including phenoxy) is 4. The molecule has 1 heterocycles. The lowest BCUT2D eigenvalue weighted by atomic mass is 9.55. The number of nitrogens with zero attached hydrogens (tertiary/aromatic N) is 2. The molecule has 2 aromatic carbocycles. The average Bonchev–Trinajstić information content (AvgIpc) is 3.18. The lowest BCUT2D eigenvalue weighted by molar-refractivity contribution is -0.255. The number of benzene rings is 2. The van der Waals surface area contributed by atoms with Gasteiger partial charge in [0.2, 0.25) is 5.79 Å². The smallest absolute Gasteiger partial charge is 0.410 e. The van der Waals surface area contributed by atoms with Gasteiger partial charge in [0.05, 0.1) is 24.8 Å². The molecule has 2 aliphatic carbocycles. The van der Waals surface area contributed by atoms with E-state index in [-0.39, 0.29) is 49.6 Å². The summed E-state index contributed by atoms with van der Waals surface area (Å²) in [6, 6.07) is 13.5. The Morgan fingerprint density at radius 1 is 1.02 bits per heavy atom. The quantitative estimate of drug-likeness (QED) is 0.0618. The maximum absolute atomic E-state index is 14.4. The summed E-state index contributed by atoms with van der Waals surface area (Å²) in [5.74, 6) is 0.388. The van der Waals surface area contributed by atoms with Crippen LogP contribution in [-0.4, -0.2) is 83.6 Å². The van der Waals surface area contributed by atoms with Gasteiger partial charge in [-0.2, -0.15) is 0 Å². The van der Waals surface area contributed by atoms with Crippen LogP contribution in [0.3, 0.4) is 0 Å². The van der Waals surface area contributed by atoms with E-state index in [1.54, 1.807) is 22.7 Å². The number of amides is 1. The Labute approximate surface area is 351 Å². The molecular weight excluding hydrogens is 753 g/mol. The van der Waals surface area contributed by atoms with Crippen molar-refractivity contribution in [1.29, 1.82) is 0 Å². The molecule has 0 spiro atoms. The number of unbranched alkanes of at least 4 members (excludes halogenated alkanes) is 2. The SMILES string of the molecule is C=CCOC12Oc3ccc(Oc4ccc(SC)cc4)cc3C3C(CCCCO)C(CCCCO)C=C(C(=NOC(C)(C)C)CC1N(CCC)C(=O)OCC(C)(C)C)C32. The van der Waals surface area contributed by atoms with Crippen LogP contribution in [0.5, 0.6) is 17.2 Å². The van der Waals surface area contributed by atoms with Crippen LogP contribution in [0.4, 0.5) is 4.79 Å². The van der Waals surface area contributed by atoms with Crippen molar-refractivity contribution in [2.24, 2.45) is 28.3 Å². The van der Waals surface area contributed by atoms with Crippen LogP contribution in [0, 0.1) is 23.2 Å². The van der Waals surface area contributed by atoms with Gasteiger partial charge in [-0.25, -0.2) is 4.79 Å². The number of hydrogen-bond donors (Lipinski definition) is 2. The fraction of sp³-hybridized carbons (Fsp3) is 0.617. The molecule has 10 nitrogen and oxygen atoms in total. The molecule has 1 saturated carbocycles. The zero-order valence-electron chi connectivity index (χ0n) is 36.1. The van der Waals surface area contributed by atoms with Gasteiger partial charge in [0.25, 0.3) is 0 Å². The second kappa shape index (κ2) is 20.2. The van der Waals surface area contributed by atoms with Crippen molar-refractivity contribution < 1.29 is 38.8 Å². The number of fused-ring (bicyclic) bond motifs is 2. The summed E-state index contributed by atoms with van der Waals surface area (Å²) >= 11 is 1.68. The summed E-state index contributed by atoms with van der Waals surface area (Å²) in [6.07, 6.45) is 11.5. The fourth-order valence-electron chi connectivity index (χ4n) is 8.66. The maximum atomic E-state index is 14.4. The molecule has 1 aliphatic heterocycles. The number of aliphatic hydroxyl groups is 2. The van der Waals surface area contributed by atoms with Crippen molar-refractivity contribution in [2.75, 3.05) is 39.2 Å². The van der Waals surface area contributed by atoms with Crippen molar-refractivity contribution in [3.05, 3.63) is 72.3 Å². The third-order valence-corrected chi connectivity index (χ3v) is 11.8. The summed E-state index contributed by atoms with van der Waals surface area (Å²) in [5.41, 5.74) is 1.95. The number of thioether (sulfide) groups is 1. The van der Waals surface area contributed by atoms with Gasteiger partial charge in [-0.1, -0.05) is 57.8 Å². The largest absolute Gasteiger partial charge is 0.459 e. The number of carbonyl (C=O) groups excluding carboxylic acids is 1. The van der Waals surface area contributed by atoms with Crippen LogP contribution in [-0.2, 0) is 14.3 Å². The van der Waals surface area contributed by atoms with Crippen LogP contribution in [0.2, 0.25) is 0 Å². The van der Waals surface area contributed by atoms with Crippen LogP contribution in [0.1, 0.15) is 111 Å². The molecule has 2 aromatic rings. The van der Waals surface area contributed by atoms with Gasteiger partial charge >= 0.3 is 6.09 Å². The van der Waals surface area contributed by atoms with Gasteiger partial charge in [0, 0.05) is 42.6 Å². The lowest BCUT2D eigenvalue weighted by Gasteiger charge is -2.60. The lowest BCUT2D eigenvalue weighted by Crippen LogP contribution is -2.70. The second-order valence-corrected chi connectivity index (χ2v) is 18.9. The molecule has 1 fully saturated rings. The van der Waals surface area contributed by atoms with Crippen molar-refractivity contribution in [3.63, 3.8) is 0 Å². The molecule has 5 rings (SSSR count). The molecule has 58 heavy (non-hydrogen) atoms. The summed E-state index contributed by atoms with van der Waals surface area (Å²) in [5, 5.41) is 24.8. The maximum Gasteiger partial charge on any atom is 0.410 e. The summed E-state index contributed by atoms with van der Waals surface area (Å²) < 4.78 is 27.0. The number of hydrogen-bond acceptors (Lipinski definition) is 10. The Kier molecular flexibility index (Phi) is 15.8. The van der Waals surface area contributed by atoms with Crippen molar-refractivity contribution in [1.82, 2.24) is 4.90 Å². The molecule has 0 radical (unpaired) electrons. The zero-order chi connectivity index (χ0) is 42.1. The minimum absolute atomic E-state index is 0.0977.